The standard InChI is InChI=1S/C14H15N3O3/c1-19-11-4-3-10(13(7-11)20-2)8-17-14(18)12-9-15-5-6-16-12/h3-7,9H,8H2,1-2H3,(H,17,18). The fourth-order valence-corrected chi connectivity index (χ4v) is 1.68. The molecule has 0 unspecified atom stereocenters. The van der Waals surface area contributed by atoms with Gasteiger partial charge in [0.2, 0.25) is 0 Å². The maximum atomic E-state index is 11.9. The number of rotatable bonds is 5. The van der Waals surface area contributed by atoms with Crippen molar-refractivity contribution < 1.29 is 14.3 Å². The van der Waals surface area contributed by atoms with Gasteiger partial charge in [-0.3, -0.25) is 9.78 Å². The van der Waals surface area contributed by atoms with E-state index in [1.807, 2.05) is 12.1 Å². The van der Waals surface area contributed by atoms with Gasteiger partial charge in [0.05, 0.1) is 20.4 Å². The molecule has 0 aliphatic carbocycles. The van der Waals surface area contributed by atoms with Crippen LogP contribution in [0.5, 0.6) is 11.5 Å². The normalized spacial score (nSPS) is 9.90. The summed E-state index contributed by atoms with van der Waals surface area (Å²) >= 11 is 0. The average molecular weight is 273 g/mol. The van der Waals surface area contributed by atoms with E-state index in [4.69, 9.17) is 9.47 Å². The van der Waals surface area contributed by atoms with Crippen molar-refractivity contribution in [2.24, 2.45) is 0 Å². The Balaban J connectivity index is 2.05. The number of hydrogen-bond donors (Lipinski definition) is 1. The van der Waals surface area contributed by atoms with Crippen LogP contribution < -0.4 is 14.8 Å². The van der Waals surface area contributed by atoms with Crippen LogP contribution in [-0.2, 0) is 6.54 Å². The third kappa shape index (κ3) is 3.23. The van der Waals surface area contributed by atoms with E-state index < -0.39 is 0 Å². The maximum absolute atomic E-state index is 11.9. The summed E-state index contributed by atoms with van der Waals surface area (Å²) in [5.74, 6) is 1.07. The van der Waals surface area contributed by atoms with Gasteiger partial charge in [0.1, 0.15) is 17.2 Å². The van der Waals surface area contributed by atoms with Crippen LogP contribution in [-0.4, -0.2) is 30.1 Å². The largest absolute Gasteiger partial charge is 0.497 e. The van der Waals surface area contributed by atoms with E-state index in [2.05, 4.69) is 15.3 Å². The lowest BCUT2D eigenvalue weighted by atomic mass is 10.2. The van der Waals surface area contributed by atoms with Crippen molar-refractivity contribution in [2.45, 2.75) is 6.54 Å². The SMILES string of the molecule is COc1ccc(CNC(=O)c2cnccn2)c(OC)c1. The molecule has 0 bridgehead atoms. The first-order valence-corrected chi connectivity index (χ1v) is 5.99. The Morgan fingerprint density at radius 1 is 1.25 bits per heavy atom. The molecular formula is C14H15N3O3. The molecule has 20 heavy (non-hydrogen) atoms. The summed E-state index contributed by atoms with van der Waals surface area (Å²) in [7, 11) is 3.16. The number of benzene rings is 1. The van der Waals surface area contributed by atoms with Crippen molar-refractivity contribution in [1.29, 1.82) is 0 Å². The molecule has 0 aliphatic heterocycles. The Kier molecular flexibility index (Phi) is 4.49. The lowest BCUT2D eigenvalue weighted by Gasteiger charge is -2.11. The van der Waals surface area contributed by atoms with Crippen molar-refractivity contribution in [1.82, 2.24) is 15.3 Å². The van der Waals surface area contributed by atoms with Gasteiger partial charge in [0, 0.05) is 30.6 Å². The van der Waals surface area contributed by atoms with E-state index in [-0.39, 0.29) is 11.6 Å². The predicted molar refractivity (Wildman–Crippen MR) is 72.7 cm³/mol. The first kappa shape index (κ1) is 13.8. The number of methoxy groups -OCH3 is 2. The van der Waals surface area contributed by atoms with E-state index in [0.29, 0.717) is 18.0 Å². The molecule has 1 heterocycles. The predicted octanol–water partition coefficient (Wildman–Crippen LogP) is 1.42. The summed E-state index contributed by atoms with van der Waals surface area (Å²) in [6.07, 6.45) is 4.41. The summed E-state index contributed by atoms with van der Waals surface area (Å²) in [5.41, 5.74) is 1.13. The van der Waals surface area contributed by atoms with E-state index in [0.717, 1.165) is 5.56 Å². The molecule has 0 spiro atoms. The molecule has 0 fully saturated rings. The highest BCUT2D eigenvalue weighted by Crippen LogP contribution is 2.24. The number of carbonyl (C=O) groups is 1. The topological polar surface area (TPSA) is 73.3 Å². The van der Waals surface area contributed by atoms with Gasteiger partial charge in [-0.2, -0.15) is 0 Å². The Morgan fingerprint density at radius 3 is 2.75 bits per heavy atom. The van der Waals surface area contributed by atoms with Crippen LogP contribution in [0.2, 0.25) is 0 Å². The van der Waals surface area contributed by atoms with Crippen LogP contribution in [0.1, 0.15) is 16.1 Å². The molecule has 1 aromatic carbocycles. The highest BCUT2D eigenvalue weighted by Gasteiger charge is 2.09. The number of aromatic nitrogens is 2. The molecule has 2 rings (SSSR count). The van der Waals surface area contributed by atoms with Crippen LogP contribution in [0.4, 0.5) is 0 Å². The molecule has 1 aromatic heterocycles. The van der Waals surface area contributed by atoms with Crippen molar-refractivity contribution >= 4 is 5.91 Å². The minimum Gasteiger partial charge on any atom is -0.497 e. The van der Waals surface area contributed by atoms with Gasteiger partial charge in [0.25, 0.3) is 5.91 Å². The summed E-state index contributed by atoms with van der Waals surface area (Å²) in [6, 6.07) is 5.42. The number of hydrogen-bond acceptors (Lipinski definition) is 5. The molecule has 1 N–H and O–H groups in total. The smallest absolute Gasteiger partial charge is 0.271 e. The number of carbonyl (C=O) groups excluding carboxylic acids is 1. The zero-order valence-electron chi connectivity index (χ0n) is 11.3. The lowest BCUT2D eigenvalue weighted by molar-refractivity contribution is 0.0945. The molecule has 0 radical (unpaired) electrons. The number of ether oxygens (including phenoxy) is 2. The molecule has 104 valence electrons. The monoisotopic (exact) mass is 273 g/mol. The Morgan fingerprint density at radius 2 is 2.10 bits per heavy atom. The van der Waals surface area contributed by atoms with Crippen LogP contribution in [0, 0.1) is 0 Å². The minimum atomic E-state index is -0.282. The fraction of sp³-hybridized carbons (Fsp3) is 0.214. The zero-order valence-corrected chi connectivity index (χ0v) is 11.3. The van der Waals surface area contributed by atoms with Gasteiger partial charge in [-0.05, 0) is 12.1 Å². The molecule has 0 atom stereocenters. The van der Waals surface area contributed by atoms with Crippen molar-refractivity contribution in [2.75, 3.05) is 14.2 Å². The minimum absolute atomic E-state index is 0.278. The van der Waals surface area contributed by atoms with Crippen LogP contribution in [0.25, 0.3) is 0 Å². The average Bonchev–Trinajstić information content (AvgIpc) is 2.53. The number of nitrogens with one attached hydrogen (secondary N) is 1. The van der Waals surface area contributed by atoms with Gasteiger partial charge in [-0.15, -0.1) is 0 Å². The van der Waals surface area contributed by atoms with E-state index in [1.54, 1.807) is 20.3 Å². The second-order valence-electron chi connectivity index (χ2n) is 3.95. The quantitative estimate of drug-likeness (QED) is 0.892. The third-order valence-corrected chi connectivity index (χ3v) is 2.73. The van der Waals surface area contributed by atoms with Gasteiger partial charge < -0.3 is 14.8 Å². The zero-order chi connectivity index (χ0) is 14.4. The Labute approximate surface area is 116 Å². The van der Waals surface area contributed by atoms with Crippen LogP contribution in [0.15, 0.2) is 36.8 Å². The van der Waals surface area contributed by atoms with Gasteiger partial charge in [0.15, 0.2) is 0 Å². The number of nitrogens with zero attached hydrogens (tertiary/aromatic N) is 2. The first-order chi connectivity index (χ1) is 9.74. The molecule has 0 saturated heterocycles. The van der Waals surface area contributed by atoms with Gasteiger partial charge >= 0.3 is 0 Å². The summed E-state index contributed by atoms with van der Waals surface area (Å²) in [6.45, 7) is 0.336. The Hall–Kier alpha value is -2.63. The second-order valence-corrected chi connectivity index (χ2v) is 3.95. The van der Waals surface area contributed by atoms with Crippen molar-refractivity contribution in [3.8, 4) is 11.5 Å². The highest BCUT2D eigenvalue weighted by atomic mass is 16.5. The highest BCUT2D eigenvalue weighted by molar-refractivity contribution is 5.91. The lowest BCUT2D eigenvalue weighted by Crippen LogP contribution is -2.24. The van der Waals surface area contributed by atoms with E-state index >= 15 is 0 Å². The molecule has 0 saturated carbocycles. The summed E-state index contributed by atoms with van der Waals surface area (Å²) in [5, 5.41) is 2.77. The summed E-state index contributed by atoms with van der Waals surface area (Å²) in [4.78, 5) is 19.6. The van der Waals surface area contributed by atoms with Gasteiger partial charge in [-0.1, -0.05) is 0 Å². The molecule has 0 aliphatic rings. The fourth-order valence-electron chi connectivity index (χ4n) is 1.68. The van der Waals surface area contributed by atoms with Gasteiger partial charge in [-0.25, -0.2) is 4.98 Å². The molecule has 1 amide bonds. The second kappa shape index (κ2) is 6.51. The van der Waals surface area contributed by atoms with E-state index in [1.165, 1.54) is 18.6 Å². The first-order valence-electron chi connectivity index (χ1n) is 5.99. The van der Waals surface area contributed by atoms with Crippen molar-refractivity contribution in [3.63, 3.8) is 0 Å². The molecule has 6 heteroatoms. The molecule has 2 aromatic rings. The van der Waals surface area contributed by atoms with Crippen LogP contribution in [0.3, 0.4) is 0 Å². The number of amides is 1. The molecule has 6 nitrogen and oxygen atoms in total. The molecular weight excluding hydrogens is 258 g/mol. The van der Waals surface area contributed by atoms with Crippen LogP contribution >= 0.6 is 0 Å². The Bertz CT molecular complexity index is 587. The van der Waals surface area contributed by atoms with E-state index in [9.17, 15) is 4.79 Å². The van der Waals surface area contributed by atoms with Crippen molar-refractivity contribution in [3.05, 3.63) is 48.0 Å². The third-order valence-electron chi connectivity index (χ3n) is 2.73. The maximum Gasteiger partial charge on any atom is 0.271 e. The summed E-state index contributed by atoms with van der Waals surface area (Å²) < 4.78 is 10.4.